The van der Waals surface area contributed by atoms with E-state index in [1.165, 1.54) is 12.1 Å². The lowest BCUT2D eigenvalue weighted by Gasteiger charge is -2.13. The summed E-state index contributed by atoms with van der Waals surface area (Å²) in [5.41, 5.74) is 2.21. The summed E-state index contributed by atoms with van der Waals surface area (Å²) in [6.07, 6.45) is 1.18. The SMILES string of the molecule is CC(=O)Oc1c(Cl)cc(C=C2C(=O)NN(c3ccccc3)C2=O)cc1[N+](=O)[O-]. The molecule has 0 saturated carbocycles. The third-order valence-electron chi connectivity index (χ3n) is 3.71. The van der Waals surface area contributed by atoms with Crippen molar-refractivity contribution < 1.29 is 24.0 Å². The lowest BCUT2D eigenvalue weighted by atomic mass is 10.1. The quantitative estimate of drug-likeness (QED) is 0.210. The van der Waals surface area contributed by atoms with Crippen LogP contribution < -0.4 is 15.2 Å². The summed E-state index contributed by atoms with van der Waals surface area (Å²) in [6, 6.07) is 10.7. The Morgan fingerprint density at radius 1 is 1.25 bits per heavy atom. The van der Waals surface area contributed by atoms with Gasteiger partial charge in [0.1, 0.15) is 5.57 Å². The molecule has 1 aliphatic rings. The molecule has 2 aromatic rings. The molecule has 1 aliphatic heterocycles. The van der Waals surface area contributed by atoms with Gasteiger partial charge in [0.15, 0.2) is 0 Å². The number of nitrogens with one attached hydrogen (secondary N) is 1. The number of carbonyl (C=O) groups is 3. The summed E-state index contributed by atoms with van der Waals surface area (Å²) in [6.45, 7) is 1.08. The van der Waals surface area contributed by atoms with Gasteiger partial charge in [0, 0.05) is 13.0 Å². The zero-order chi connectivity index (χ0) is 20.4. The Bertz CT molecular complexity index is 1040. The molecule has 0 aliphatic carbocycles. The normalized spacial score (nSPS) is 14.9. The predicted molar refractivity (Wildman–Crippen MR) is 99.5 cm³/mol. The van der Waals surface area contributed by atoms with E-state index < -0.39 is 34.1 Å². The van der Waals surface area contributed by atoms with Crippen LogP contribution in [0.15, 0.2) is 48.0 Å². The minimum atomic E-state index is -0.779. The number of hydrogen-bond donors (Lipinski definition) is 1. The minimum absolute atomic E-state index is 0.126. The maximum atomic E-state index is 12.6. The Balaban J connectivity index is 2.01. The van der Waals surface area contributed by atoms with E-state index in [0.29, 0.717) is 5.69 Å². The van der Waals surface area contributed by atoms with Crippen LogP contribution in [0.25, 0.3) is 6.08 Å². The zero-order valence-electron chi connectivity index (χ0n) is 14.3. The summed E-state index contributed by atoms with van der Waals surface area (Å²) in [5, 5.41) is 12.2. The van der Waals surface area contributed by atoms with Gasteiger partial charge in [-0.3, -0.25) is 29.9 Å². The van der Waals surface area contributed by atoms with Gasteiger partial charge in [0.05, 0.1) is 15.6 Å². The summed E-state index contributed by atoms with van der Waals surface area (Å²) in [7, 11) is 0. The second-order valence-electron chi connectivity index (χ2n) is 5.68. The largest absolute Gasteiger partial charge is 0.418 e. The Morgan fingerprint density at radius 2 is 1.93 bits per heavy atom. The number of nitrogens with zero attached hydrogens (tertiary/aromatic N) is 2. The van der Waals surface area contributed by atoms with Crippen molar-refractivity contribution in [2.24, 2.45) is 0 Å². The van der Waals surface area contributed by atoms with Crippen molar-refractivity contribution in [3.63, 3.8) is 0 Å². The highest BCUT2D eigenvalue weighted by Crippen LogP contribution is 2.37. The molecule has 0 atom stereocenters. The number of rotatable bonds is 4. The Hall–Kier alpha value is -3.72. The van der Waals surface area contributed by atoms with E-state index in [4.69, 9.17) is 16.3 Å². The lowest BCUT2D eigenvalue weighted by Crippen LogP contribution is -2.35. The molecule has 1 saturated heterocycles. The van der Waals surface area contributed by atoms with Gasteiger partial charge in [-0.05, 0) is 29.8 Å². The van der Waals surface area contributed by atoms with Crippen molar-refractivity contribution in [3.8, 4) is 5.75 Å². The second kappa shape index (κ2) is 7.49. The van der Waals surface area contributed by atoms with E-state index in [2.05, 4.69) is 5.43 Å². The van der Waals surface area contributed by atoms with Crippen LogP contribution in [0.2, 0.25) is 5.02 Å². The Morgan fingerprint density at radius 3 is 2.54 bits per heavy atom. The van der Waals surface area contributed by atoms with Crippen molar-refractivity contribution in [3.05, 3.63) is 68.7 Å². The molecule has 2 aromatic carbocycles. The molecule has 1 fully saturated rings. The third kappa shape index (κ3) is 3.69. The van der Waals surface area contributed by atoms with Gasteiger partial charge in [-0.2, -0.15) is 0 Å². The van der Waals surface area contributed by atoms with Gasteiger partial charge in [-0.25, -0.2) is 5.01 Å². The second-order valence-corrected chi connectivity index (χ2v) is 6.08. The van der Waals surface area contributed by atoms with Gasteiger partial charge in [-0.1, -0.05) is 29.8 Å². The number of amides is 2. The van der Waals surface area contributed by atoms with Crippen LogP contribution in [0, 0.1) is 10.1 Å². The average Bonchev–Trinajstić information content (AvgIpc) is 2.92. The molecule has 142 valence electrons. The van der Waals surface area contributed by atoms with Crippen molar-refractivity contribution >= 4 is 46.8 Å². The molecule has 0 radical (unpaired) electrons. The van der Waals surface area contributed by atoms with Gasteiger partial charge >= 0.3 is 11.7 Å². The van der Waals surface area contributed by atoms with Crippen LogP contribution in [0.3, 0.4) is 0 Å². The first kappa shape index (κ1) is 19.1. The summed E-state index contributed by atoms with van der Waals surface area (Å²) in [4.78, 5) is 46.4. The molecular formula is C18H12ClN3O6. The monoisotopic (exact) mass is 401 g/mol. The molecule has 10 heteroatoms. The van der Waals surface area contributed by atoms with E-state index in [0.717, 1.165) is 18.0 Å². The van der Waals surface area contributed by atoms with Gasteiger partial charge < -0.3 is 4.74 Å². The lowest BCUT2D eigenvalue weighted by molar-refractivity contribution is -0.385. The van der Waals surface area contributed by atoms with Gasteiger partial charge in [-0.15, -0.1) is 0 Å². The first-order valence-electron chi connectivity index (χ1n) is 7.86. The average molecular weight is 402 g/mol. The van der Waals surface area contributed by atoms with Crippen LogP contribution in [-0.4, -0.2) is 22.7 Å². The van der Waals surface area contributed by atoms with Gasteiger partial charge in [0.25, 0.3) is 11.8 Å². The summed E-state index contributed by atoms with van der Waals surface area (Å²) < 4.78 is 4.79. The Labute approximate surface area is 163 Å². The fraction of sp³-hybridized carbons (Fsp3) is 0.0556. The molecule has 0 unspecified atom stereocenters. The number of nitro groups is 1. The number of hydrazine groups is 1. The van der Waals surface area contributed by atoms with Crippen LogP contribution >= 0.6 is 11.6 Å². The molecule has 0 spiro atoms. The van der Waals surface area contributed by atoms with Crippen LogP contribution in [0.5, 0.6) is 5.75 Å². The summed E-state index contributed by atoms with van der Waals surface area (Å²) in [5.74, 6) is -2.48. The van der Waals surface area contributed by atoms with E-state index in [9.17, 15) is 24.5 Å². The molecule has 9 nitrogen and oxygen atoms in total. The smallest absolute Gasteiger partial charge is 0.313 e. The van der Waals surface area contributed by atoms with Crippen LogP contribution in [0.1, 0.15) is 12.5 Å². The van der Waals surface area contributed by atoms with Crippen molar-refractivity contribution in [1.29, 1.82) is 0 Å². The zero-order valence-corrected chi connectivity index (χ0v) is 15.1. The highest BCUT2D eigenvalue weighted by molar-refractivity contribution is 6.33. The molecule has 0 aromatic heterocycles. The Kier molecular flexibility index (Phi) is 5.10. The highest BCUT2D eigenvalue weighted by Gasteiger charge is 2.34. The van der Waals surface area contributed by atoms with Gasteiger partial charge in [0.2, 0.25) is 5.75 Å². The number of carbonyl (C=O) groups excluding carboxylic acids is 3. The maximum absolute atomic E-state index is 12.6. The minimum Gasteiger partial charge on any atom is -0.418 e. The van der Waals surface area contributed by atoms with Crippen molar-refractivity contribution in [2.45, 2.75) is 6.92 Å². The molecule has 3 rings (SSSR count). The standard InChI is InChI=1S/C18H12ClN3O6/c1-10(23)28-16-14(19)8-11(9-15(16)22(26)27)7-13-17(24)20-21(18(13)25)12-5-3-2-4-6-12/h2-9H,1H3,(H,20,24). The number of halogens is 1. The first-order valence-corrected chi connectivity index (χ1v) is 8.24. The molecule has 1 heterocycles. The topological polar surface area (TPSA) is 119 Å². The highest BCUT2D eigenvalue weighted by atomic mass is 35.5. The predicted octanol–water partition coefficient (Wildman–Crippen LogP) is 2.63. The van der Waals surface area contributed by atoms with E-state index in [-0.39, 0.29) is 16.2 Å². The number of esters is 1. The number of ether oxygens (including phenoxy) is 1. The molecule has 28 heavy (non-hydrogen) atoms. The number of hydrogen-bond acceptors (Lipinski definition) is 6. The summed E-state index contributed by atoms with van der Waals surface area (Å²) >= 11 is 6.00. The van der Waals surface area contributed by atoms with E-state index >= 15 is 0 Å². The number of nitro benzene ring substituents is 1. The van der Waals surface area contributed by atoms with Crippen LogP contribution in [0.4, 0.5) is 11.4 Å². The molecule has 1 N–H and O–H groups in total. The fourth-order valence-corrected chi connectivity index (χ4v) is 2.81. The molecular weight excluding hydrogens is 390 g/mol. The van der Waals surface area contributed by atoms with E-state index in [1.807, 2.05) is 0 Å². The van der Waals surface area contributed by atoms with E-state index in [1.54, 1.807) is 30.3 Å². The number of benzene rings is 2. The first-order chi connectivity index (χ1) is 13.3. The van der Waals surface area contributed by atoms with Crippen molar-refractivity contribution in [1.82, 2.24) is 5.43 Å². The molecule has 2 amide bonds. The van der Waals surface area contributed by atoms with Crippen molar-refractivity contribution in [2.75, 3.05) is 5.01 Å². The molecule has 0 bridgehead atoms. The number of anilines is 1. The van der Waals surface area contributed by atoms with Crippen LogP contribution in [-0.2, 0) is 14.4 Å². The third-order valence-corrected chi connectivity index (χ3v) is 3.99. The maximum Gasteiger partial charge on any atom is 0.313 e. The number of para-hydroxylation sites is 1. The fourth-order valence-electron chi connectivity index (χ4n) is 2.55.